The molecule has 0 aromatic heterocycles. The van der Waals surface area contributed by atoms with Gasteiger partial charge in [-0.25, -0.2) is 0 Å². The molecule has 1 aliphatic heterocycles. The molecule has 6 nitrogen and oxygen atoms in total. The number of carbonyl (C=O) groups excluding carboxylic acids is 2. The van der Waals surface area contributed by atoms with Crippen LogP contribution in [-0.4, -0.2) is 38.6 Å². The third kappa shape index (κ3) is 4.75. The highest BCUT2D eigenvalue weighted by Crippen LogP contribution is 2.18. The molecule has 1 saturated heterocycles. The van der Waals surface area contributed by atoms with Crippen LogP contribution in [0.5, 0.6) is 5.75 Å². The molecule has 0 spiro atoms. The van der Waals surface area contributed by atoms with Crippen molar-refractivity contribution in [1.29, 1.82) is 0 Å². The Hall–Kier alpha value is -2.08. The largest absolute Gasteiger partial charge is 0.484 e. The Balaban J connectivity index is 1.84. The minimum atomic E-state index is -0.183. The van der Waals surface area contributed by atoms with E-state index in [0.717, 1.165) is 31.6 Å². The number of nitrogens with one attached hydrogen (secondary N) is 3. The SMILES string of the molecule is CNC(=O)COc1ccc(NC(=O)C2CCCNC2)cc1. The minimum absolute atomic E-state index is 0.0179. The first-order chi connectivity index (χ1) is 10.2. The zero-order valence-electron chi connectivity index (χ0n) is 12.1. The van der Waals surface area contributed by atoms with Crippen molar-refractivity contribution in [3.63, 3.8) is 0 Å². The average molecular weight is 291 g/mol. The average Bonchev–Trinajstić information content (AvgIpc) is 2.54. The highest BCUT2D eigenvalue weighted by atomic mass is 16.5. The summed E-state index contributed by atoms with van der Waals surface area (Å²) in [5, 5.41) is 8.61. The van der Waals surface area contributed by atoms with Crippen LogP contribution in [0, 0.1) is 5.92 Å². The van der Waals surface area contributed by atoms with Gasteiger partial charge < -0.3 is 20.7 Å². The van der Waals surface area contributed by atoms with Gasteiger partial charge in [-0.15, -0.1) is 0 Å². The lowest BCUT2D eigenvalue weighted by atomic mass is 9.99. The van der Waals surface area contributed by atoms with Crippen molar-refractivity contribution >= 4 is 17.5 Å². The van der Waals surface area contributed by atoms with Gasteiger partial charge in [-0.1, -0.05) is 0 Å². The lowest BCUT2D eigenvalue weighted by Gasteiger charge is -2.21. The number of carbonyl (C=O) groups is 2. The quantitative estimate of drug-likeness (QED) is 0.748. The Labute approximate surface area is 124 Å². The molecule has 1 atom stereocenters. The van der Waals surface area contributed by atoms with Gasteiger partial charge in [0.2, 0.25) is 5.91 Å². The standard InChI is InChI=1S/C15H21N3O3/c1-16-14(19)10-21-13-6-4-12(5-7-13)18-15(20)11-3-2-8-17-9-11/h4-7,11,17H,2-3,8-10H2,1H3,(H,16,19)(H,18,20). The van der Waals surface area contributed by atoms with Crippen LogP contribution < -0.4 is 20.7 Å². The summed E-state index contributed by atoms with van der Waals surface area (Å²) in [5.74, 6) is 0.484. The van der Waals surface area contributed by atoms with Crippen LogP contribution >= 0.6 is 0 Å². The second-order valence-corrected chi connectivity index (χ2v) is 5.02. The molecule has 2 amide bonds. The summed E-state index contributed by atoms with van der Waals surface area (Å²) in [6.45, 7) is 1.70. The molecule has 114 valence electrons. The second-order valence-electron chi connectivity index (χ2n) is 5.02. The van der Waals surface area contributed by atoms with Gasteiger partial charge in [-0.3, -0.25) is 9.59 Å². The molecule has 1 fully saturated rings. The maximum atomic E-state index is 12.1. The monoisotopic (exact) mass is 291 g/mol. The normalized spacial score (nSPS) is 17.9. The van der Waals surface area contributed by atoms with Crippen molar-refractivity contribution in [2.75, 3.05) is 32.1 Å². The zero-order valence-corrected chi connectivity index (χ0v) is 12.1. The van der Waals surface area contributed by atoms with E-state index in [2.05, 4.69) is 16.0 Å². The molecule has 1 aliphatic rings. The molecule has 0 saturated carbocycles. The number of benzene rings is 1. The number of piperidine rings is 1. The number of anilines is 1. The van der Waals surface area contributed by atoms with Gasteiger partial charge >= 0.3 is 0 Å². The summed E-state index contributed by atoms with van der Waals surface area (Å²) in [4.78, 5) is 23.1. The fourth-order valence-electron chi connectivity index (χ4n) is 2.18. The van der Waals surface area contributed by atoms with Gasteiger partial charge in [-0.2, -0.15) is 0 Å². The topological polar surface area (TPSA) is 79.5 Å². The van der Waals surface area contributed by atoms with Crippen molar-refractivity contribution < 1.29 is 14.3 Å². The lowest BCUT2D eigenvalue weighted by molar-refractivity contribution is -0.122. The van der Waals surface area contributed by atoms with E-state index < -0.39 is 0 Å². The van der Waals surface area contributed by atoms with Crippen molar-refractivity contribution in [3.05, 3.63) is 24.3 Å². The number of rotatable bonds is 5. The lowest BCUT2D eigenvalue weighted by Crippen LogP contribution is -2.37. The summed E-state index contributed by atoms with van der Waals surface area (Å²) in [5.41, 5.74) is 0.734. The molecule has 1 unspecified atom stereocenters. The van der Waals surface area contributed by atoms with E-state index in [1.807, 2.05) is 0 Å². The summed E-state index contributed by atoms with van der Waals surface area (Å²) in [7, 11) is 1.56. The number of amides is 2. The van der Waals surface area contributed by atoms with Crippen LogP contribution in [0.4, 0.5) is 5.69 Å². The first-order valence-electron chi connectivity index (χ1n) is 7.14. The fraction of sp³-hybridized carbons (Fsp3) is 0.467. The second kappa shape index (κ2) is 7.64. The van der Waals surface area contributed by atoms with Gasteiger partial charge in [0.25, 0.3) is 5.91 Å². The van der Waals surface area contributed by atoms with Crippen LogP contribution in [0.2, 0.25) is 0 Å². The Morgan fingerprint density at radius 2 is 2.10 bits per heavy atom. The van der Waals surface area contributed by atoms with Crippen molar-refractivity contribution in [3.8, 4) is 5.75 Å². The van der Waals surface area contributed by atoms with E-state index in [1.54, 1.807) is 31.3 Å². The van der Waals surface area contributed by atoms with Crippen LogP contribution in [0.25, 0.3) is 0 Å². The zero-order chi connectivity index (χ0) is 15.1. The molecule has 0 bridgehead atoms. The van der Waals surface area contributed by atoms with E-state index in [-0.39, 0.29) is 24.3 Å². The predicted molar refractivity (Wildman–Crippen MR) is 80.2 cm³/mol. The fourth-order valence-corrected chi connectivity index (χ4v) is 2.18. The van der Waals surface area contributed by atoms with Crippen LogP contribution in [-0.2, 0) is 9.59 Å². The third-order valence-corrected chi connectivity index (χ3v) is 3.44. The highest BCUT2D eigenvalue weighted by molar-refractivity contribution is 5.92. The maximum absolute atomic E-state index is 12.1. The van der Waals surface area contributed by atoms with Gasteiger partial charge in [0.05, 0.1) is 5.92 Å². The van der Waals surface area contributed by atoms with Gasteiger partial charge in [0.1, 0.15) is 5.75 Å². The molecule has 21 heavy (non-hydrogen) atoms. The molecule has 1 heterocycles. The van der Waals surface area contributed by atoms with E-state index in [4.69, 9.17) is 4.74 Å². The Morgan fingerprint density at radius 3 is 2.71 bits per heavy atom. The van der Waals surface area contributed by atoms with E-state index >= 15 is 0 Å². The molecular formula is C15H21N3O3. The molecular weight excluding hydrogens is 270 g/mol. The molecule has 6 heteroatoms. The van der Waals surface area contributed by atoms with Crippen LogP contribution in [0.1, 0.15) is 12.8 Å². The van der Waals surface area contributed by atoms with Crippen molar-refractivity contribution in [1.82, 2.24) is 10.6 Å². The highest BCUT2D eigenvalue weighted by Gasteiger charge is 2.20. The van der Waals surface area contributed by atoms with Crippen LogP contribution in [0.3, 0.4) is 0 Å². The van der Waals surface area contributed by atoms with E-state index in [1.165, 1.54) is 0 Å². The summed E-state index contributed by atoms with van der Waals surface area (Å²) >= 11 is 0. The Morgan fingerprint density at radius 1 is 1.33 bits per heavy atom. The van der Waals surface area contributed by atoms with Crippen molar-refractivity contribution in [2.45, 2.75) is 12.8 Å². The third-order valence-electron chi connectivity index (χ3n) is 3.44. The molecule has 1 aromatic rings. The smallest absolute Gasteiger partial charge is 0.257 e. The minimum Gasteiger partial charge on any atom is -0.484 e. The first-order valence-corrected chi connectivity index (χ1v) is 7.14. The molecule has 3 N–H and O–H groups in total. The molecule has 0 radical (unpaired) electrons. The number of likely N-dealkylation sites (N-methyl/N-ethyl adjacent to an activating group) is 1. The molecule has 1 aromatic carbocycles. The van der Waals surface area contributed by atoms with Crippen LogP contribution in [0.15, 0.2) is 24.3 Å². The van der Waals surface area contributed by atoms with E-state index in [0.29, 0.717) is 5.75 Å². The first kappa shape index (κ1) is 15.3. The number of ether oxygens (including phenoxy) is 1. The Kier molecular flexibility index (Phi) is 5.57. The summed E-state index contributed by atoms with van der Waals surface area (Å²) in [6.07, 6.45) is 1.95. The maximum Gasteiger partial charge on any atom is 0.257 e. The van der Waals surface area contributed by atoms with Crippen molar-refractivity contribution in [2.24, 2.45) is 5.92 Å². The van der Waals surface area contributed by atoms with E-state index in [9.17, 15) is 9.59 Å². The molecule has 0 aliphatic carbocycles. The number of hydrogen-bond donors (Lipinski definition) is 3. The number of hydrogen-bond acceptors (Lipinski definition) is 4. The summed E-state index contributed by atoms with van der Waals surface area (Å²) in [6, 6.07) is 7.01. The molecule has 2 rings (SSSR count). The van der Waals surface area contributed by atoms with Gasteiger partial charge in [-0.05, 0) is 43.7 Å². The summed E-state index contributed by atoms with van der Waals surface area (Å²) < 4.78 is 5.30. The Bertz CT molecular complexity index is 481. The van der Waals surface area contributed by atoms with Gasteiger partial charge in [0.15, 0.2) is 6.61 Å². The van der Waals surface area contributed by atoms with Gasteiger partial charge in [0, 0.05) is 19.3 Å². The predicted octanol–water partition coefficient (Wildman–Crippen LogP) is 0.749.